The molecule has 0 aliphatic carbocycles. The number of aromatic nitrogens is 2. The number of carbonyl (C=O) groups excluding carboxylic acids is 1. The number of likely N-dealkylation sites (N-methyl/N-ethyl adjacent to an activating group) is 1. The van der Waals surface area contributed by atoms with Crippen LogP contribution in [-0.2, 0) is 4.79 Å². The van der Waals surface area contributed by atoms with Gasteiger partial charge in [0.25, 0.3) is 11.6 Å². The molecule has 1 aliphatic rings. The van der Waals surface area contributed by atoms with Gasteiger partial charge >= 0.3 is 0 Å². The number of thioether (sulfide) groups is 1. The number of hydrogen-bond acceptors (Lipinski definition) is 9. The number of nitrogens with zero attached hydrogens (tertiary/aromatic N) is 5. The molecule has 1 saturated heterocycles. The monoisotopic (exact) mass is 455 g/mol. The summed E-state index contributed by atoms with van der Waals surface area (Å²) in [6.07, 6.45) is 1.62. The first-order chi connectivity index (χ1) is 14.9. The van der Waals surface area contributed by atoms with Crippen LogP contribution in [0.2, 0.25) is 0 Å². The number of nitro benzene ring substituents is 1. The van der Waals surface area contributed by atoms with Gasteiger partial charge in [-0.1, -0.05) is 17.4 Å². The fraction of sp³-hybridized carbons (Fsp3) is 0.200. The van der Waals surface area contributed by atoms with Crippen molar-refractivity contribution in [3.05, 3.63) is 61.7 Å². The van der Waals surface area contributed by atoms with Crippen LogP contribution < -0.4 is 0 Å². The van der Waals surface area contributed by atoms with E-state index in [1.807, 2.05) is 13.8 Å². The number of hydrogen-bond donors (Lipinski definition) is 0. The van der Waals surface area contributed by atoms with Crippen molar-refractivity contribution in [3.63, 3.8) is 0 Å². The zero-order valence-electron chi connectivity index (χ0n) is 16.9. The van der Waals surface area contributed by atoms with E-state index in [-0.39, 0.29) is 11.6 Å². The quantitative estimate of drug-likeness (QED) is 0.304. The van der Waals surface area contributed by atoms with Crippen LogP contribution in [0.1, 0.15) is 23.3 Å². The molecule has 158 valence electrons. The topological polar surface area (TPSA) is 115 Å². The summed E-state index contributed by atoms with van der Waals surface area (Å²) in [6.45, 7) is 5.95. The second kappa shape index (κ2) is 8.44. The van der Waals surface area contributed by atoms with E-state index in [0.29, 0.717) is 38.8 Å². The lowest BCUT2D eigenvalue weighted by Crippen LogP contribution is -2.28. The van der Waals surface area contributed by atoms with E-state index in [0.717, 1.165) is 10.6 Å². The highest BCUT2D eigenvalue weighted by Gasteiger charge is 2.33. The SMILES string of the molecule is CCN1C(=O)/C(=C\c2ccc(-c3ccc(C)cc3[N+](=O)[O-])o2)S/C1=N/c1nnc(C)s1. The summed E-state index contributed by atoms with van der Waals surface area (Å²) in [7, 11) is 0. The van der Waals surface area contributed by atoms with Crippen molar-refractivity contribution in [2.45, 2.75) is 20.8 Å². The Morgan fingerprint density at radius 2 is 2.06 bits per heavy atom. The van der Waals surface area contributed by atoms with E-state index in [9.17, 15) is 14.9 Å². The van der Waals surface area contributed by atoms with Gasteiger partial charge in [0, 0.05) is 18.7 Å². The number of furan rings is 1. The first-order valence-corrected chi connectivity index (χ1v) is 10.9. The van der Waals surface area contributed by atoms with Crippen LogP contribution in [0.15, 0.2) is 44.6 Å². The van der Waals surface area contributed by atoms with Crippen LogP contribution in [0.3, 0.4) is 0 Å². The standard InChI is InChI=1S/C20H17N5O4S2/c1-4-24-18(26)17(31-20(24)21-19-23-22-12(3)30-19)10-13-6-8-16(29-13)14-7-5-11(2)9-15(14)25(27)28/h5-10H,4H2,1-3H3/b17-10+,21-20+. The molecule has 3 heterocycles. The normalized spacial score (nSPS) is 16.6. The molecule has 1 aromatic carbocycles. The molecule has 4 rings (SSSR count). The van der Waals surface area contributed by atoms with Crippen LogP contribution in [0.5, 0.6) is 0 Å². The van der Waals surface area contributed by atoms with Gasteiger partial charge < -0.3 is 4.42 Å². The van der Waals surface area contributed by atoms with Gasteiger partial charge in [-0.25, -0.2) is 0 Å². The molecule has 0 bridgehead atoms. The fourth-order valence-corrected chi connectivity index (χ4v) is 4.63. The molecular weight excluding hydrogens is 438 g/mol. The zero-order valence-corrected chi connectivity index (χ0v) is 18.5. The van der Waals surface area contributed by atoms with Crippen molar-refractivity contribution < 1.29 is 14.1 Å². The van der Waals surface area contributed by atoms with Crippen LogP contribution in [0, 0.1) is 24.0 Å². The summed E-state index contributed by atoms with van der Waals surface area (Å²) in [5.41, 5.74) is 1.14. The van der Waals surface area contributed by atoms with E-state index < -0.39 is 4.92 Å². The van der Waals surface area contributed by atoms with Gasteiger partial charge in [0.15, 0.2) is 5.17 Å². The third-order valence-electron chi connectivity index (χ3n) is 4.43. The van der Waals surface area contributed by atoms with E-state index in [2.05, 4.69) is 15.2 Å². The Bertz CT molecular complexity index is 1240. The predicted molar refractivity (Wildman–Crippen MR) is 120 cm³/mol. The third kappa shape index (κ3) is 4.28. The van der Waals surface area contributed by atoms with Crippen molar-refractivity contribution in [1.29, 1.82) is 0 Å². The summed E-state index contributed by atoms with van der Waals surface area (Å²) in [5, 5.41) is 21.1. The highest BCUT2D eigenvalue weighted by atomic mass is 32.2. The van der Waals surface area contributed by atoms with Crippen LogP contribution >= 0.6 is 23.1 Å². The molecule has 0 spiro atoms. The van der Waals surface area contributed by atoms with E-state index in [1.54, 1.807) is 42.2 Å². The van der Waals surface area contributed by atoms with Gasteiger partial charge in [0.1, 0.15) is 16.5 Å². The van der Waals surface area contributed by atoms with Gasteiger partial charge in [0.2, 0.25) is 5.13 Å². The molecular formula is C20H17N5O4S2. The van der Waals surface area contributed by atoms with E-state index in [4.69, 9.17) is 4.42 Å². The minimum Gasteiger partial charge on any atom is -0.456 e. The molecule has 1 amide bonds. The van der Waals surface area contributed by atoms with E-state index >= 15 is 0 Å². The van der Waals surface area contributed by atoms with Crippen LogP contribution in [0.25, 0.3) is 17.4 Å². The maximum atomic E-state index is 12.8. The zero-order chi connectivity index (χ0) is 22.1. The van der Waals surface area contributed by atoms with Crippen LogP contribution in [-0.4, -0.2) is 37.6 Å². The predicted octanol–water partition coefficient (Wildman–Crippen LogP) is 4.95. The Kier molecular flexibility index (Phi) is 5.70. The van der Waals surface area contributed by atoms with Crippen LogP contribution in [0.4, 0.5) is 10.8 Å². The summed E-state index contributed by atoms with van der Waals surface area (Å²) < 4.78 is 5.81. The summed E-state index contributed by atoms with van der Waals surface area (Å²) in [5.74, 6) is 0.594. The highest BCUT2D eigenvalue weighted by Crippen LogP contribution is 2.36. The Labute approximate surface area is 185 Å². The van der Waals surface area contributed by atoms with Gasteiger partial charge in [-0.2, -0.15) is 4.99 Å². The van der Waals surface area contributed by atoms with Gasteiger partial charge in [0.05, 0.1) is 15.4 Å². The molecule has 9 nitrogen and oxygen atoms in total. The second-order valence-electron chi connectivity index (χ2n) is 6.64. The lowest BCUT2D eigenvalue weighted by atomic mass is 10.1. The second-order valence-corrected chi connectivity index (χ2v) is 8.81. The van der Waals surface area contributed by atoms with Gasteiger partial charge in [-0.05, 0) is 56.3 Å². The van der Waals surface area contributed by atoms with Crippen molar-refractivity contribution in [1.82, 2.24) is 15.1 Å². The van der Waals surface area contributed by atoms with Crippen molar-refractivity contribution in [2.24, 2.45) is 4.99 Å². The molecule has 2 aromatic heterocycles. The average Bonchev–Trinajstić information content (AvgIpc) is 3.43. The average molecular weight is 456 g/mol. The smallest absolute Gasteiger partial charge is 0.280 e. The Morgan fingerprint density at radius 1 is 1.26 bits per heavy atom. The Balaban J connectivity index is 1.64. The number of nitro groups is 1. The fourth-order valence-electron chi connectivity index (χ4n) is 2.99. The molecule has 3 aromatic rings. The molecule has 0 atom stereocenters. The first-order valence-electron chi connectivity index (χ1n) is 9.31. The number of amidine groups is 1. The Morgan fingerprint density at radius 3 is 2.74 bits per heavy atom. The van der Waals surface area contributed by atoms with E-state index in [1.165, 1.54) is 29.2 Å². The maximum absolute atomic E-state index is 12.8. The molecule has 1 fully saturated rings. The molecule has 0 unspecified atom stereocenters. The highest BCUT2D eigenvalue weighted by molar-refractivity contribution is 8.18. The molecule has 1 aliphatic heterocycles. The number of aliphatic imine (C=N–C) groups is 1. The number of rotatable bonds is 5. The summed E-state index contributed by atoms with van der Waals surface area (Å²) in [6, 6.07) is 8.29. The van der Waals surface area contributed by atoms with Gasteiger partial charge in [-0.3, -0.25) is 19.8 Å². The lowest BCUT2D eigenvalue weighted by Gasteiger charge is -2.10. The Hall–Kier alpha value is -3.31. The largest absolute Gasteiger partial charge is 0.456 e. The number of carbonyl (C=O) groups is 1. The summed E-state index contributed by atoms with van der Waals surface area (Å²) >= 11 is 2.57. The third-order valence-corrected chi connectivity index (χ3v) is 6.17. The first kappa shape index (κ1) is 20.9. The molecule has 11 heteroatoms. The minimum absolute atomic E-state index is 0.0289. The molecule has 31 heavy (non-hydrogen) atoms. The molecule has 0 N–H and O–H groups in total. The number of benzene rings is 1. The van der Waals surface area contributed by atoms with Gasteiger partial charge in [-0.15, -0.1) is 10.2 Å². The molecule has 0 radical (unpaired) electrons. The van der Waals surface area contributed by atoms with Crippen molar-refractivity contribution >= 4 is 51.1 Å². The lowest BCUT2D eigenvalue weighted by molar-refractivity contribution is -0.384. The summed E-state index contributed by atoms with van der Waals surface area (Å²) in [4.78, 5) is 30.2. The van der Waals surface area contributed by atoms with Crippen molar-refractivity contribution in [2.75, 3.05) is 6.54 Å². The van der Waals surface area contributed by atoms with Crippen molar-refractivity contribution in [3.8, 4) is 11.3 Å². The minimum atomic E-state index is -0.434. The number of amides is 1. The number of aryl methyl sites for hydroxylation is 2. The molecule has 0 saturated carbocycles. The maximum Gasteiger partial charge on any atom is 0.280 e.